The van der Waals surface area contributed by atoms with Crippen molar-refractivity contribution in [2.75, 3.05) is 11.1 Å². The Morgan fingerprint density at radius 3 is 2.57 bits per heavy atom. The number of rotatable bonds is 4. The summed E-state index contributed by atoms with van der Waals surface area (Å²) >= 11 is 1.11. The average Bonchev–Trinajstić information content (AvgIpc) is 2.48. The zero-order valence-corrected chi connectivity index (χ0v) is 12.7. The second kappa shape index (κ2) is 6.86. The molecule has 122 valence electrons. The molecule has 1 heterocycles. The first-order valence-electron chi connectivity index (χ1n) is 6.41. The molecule has 2 rings (SSSR count). The van der Waals surface area contributed by atoms with Crippen molar-refractivity contribution in [3.8, 4) is 0 Å². The molecule has 0 bridgehead atoms. The maximum atomic E-state index is 12.4. The zero-order chi connectivity index (χ0) is 17.0. The molecule has 0 unspecified atom stereocenters. The molecule has 0 aliphatic carbocycles. The van der Waals surface area contributed by atoms with Crippen LogP contribution in [0.1, 0.15) is 11.1 Å². The third-order valence-electron chi connectivity index (χ3n) is 2.80. The first-order chi connectivity index (χ1) is 10.8. The lowest BCUT2D eigenvalue weighted by atomic mass is 10.2. The maximum absolute atomic E-state index is 12.4. The molecule has 1 aromatic carbocycles. The van der Waals surface area contributed by atoms with E-state index in [0.29, 0.717) is 5.03 Å². The normalized spacial score (nSPS) is 11.3. The number of nitrogens with zero attached hydrogens (tertiary/aromatic N) is 1. The van der Waals surface area contributed by atoms with Crippen molar-refractivity contribution in [3.05, 3.63) is 52.1 Å². The number of aromatic amines is 1. The highest BCUT2D eigenvalue weighted by Crippen LogP contribution is 2.29. The lowest BCUT2D eigenvalue weighted by Gasteiger charge is -2.09. The number of thioether (sulfide) groups is 1. The van der Waals surface area contributed by atoms with E-state index in [2.05, 4.69) is 15.3 Å². The summed E-state index contributed by atoms with van der Waals surface area (Å²) in [6.07, 6.45) is -3.02. The molecule has 0 aliphatic heterocycles. The van der Waals surface area contributed by atoms with Crippen LogP contribution in [0, 0.1) is 6.92 Å². The van der Waals surface area contributed by atoms with Gasteiger partial charge in [0.1, 0.15) is 0 Å². The number of halogens is 3. The molecule has 2 N–H and O–H groups in total. The minimum Gasteiger partial charge on any atom is -0.325 e. The zero-order valence-electron chi connectivity index (χ0n) is 11.9. The summed E-state index contributed by atoms with van der Waals surface area (Å²) in [5.41, 5.74) is -0.309. The van der Waals surface area contributed by atoms with E-state index in [1.165, 1.54) is 18.3 Å². The molecule has 0 fully saturated rings. The standard InChI is InChI=1S/C14H12F3N3O2S/c1-8-6-18-13(22)20-12(8)23-7-11(21)19-10-4-2-9(3-5-10)14(15,16)17/h2-6H,7H2,1H3,(H,19,21)(H,18,20,22). The Morgan fingerprint density at radius 1 is 1.30 bits per heavy atom. The number of H-pyrrole nitrogens is 1. The molecule has 0 atom stereocenters. The number of hydrogen-bond donors (Lipinski definition) is 2. The number of aromatic nitrogens is 2. The van der Waals surface area contributed by atoms with Crippen LogP contribution in [0.5, 0.6) is 0 Å². The fourth-order valence-electron chi connectivity index (χ4n) is 1.67. The molecule has 1 aromatic heterocycles. The molecular formula is C14H12F3N3O2S. The third-order valence-corrected chi connectivity index (χ3v) is 3.92. The van der Waals surface area contributed by atoms with Gasteiger partial charge in [0.2, 0.25) is 5.91 Å². The quantitative estimate of drug-likeness (QED) is 0.661. The predicted molar refractivity (Wildman–Crippen MR) is 80.4 cm³/mol. The molecule has 0 radical (unpaired) electrons. The summed E-state index contributed by atoms with van der Waals surface area (Å²) in [6.45, 7) is 1.74. The van der Waals surface area contributed by atoms with Gasteiger partial charge in [-0.2, -0.15) is 13.2 Å². The number of amides is 1. The lowest BCUT2D eigenvalue weighted by molar-refractivity contribution is -0.137. The summed E-state index contributed by atoms with van der Waals surface area (Å²) in [5, 5.41) is 3.01. The molecule has 23 heavy (non-hydrogen) atoms. The van der Waals surface area contributed by atoms with Gasteiger partial charge >= 0.3 is 11.9 Å². The predicted octanol–water partition coefficient (Wildman–Crippen LogP) is 2.83. The molecule has 0 saturated carbocycles. The minimum atomic E-state index is -4.41. The molecule has 0 saturated heterocycles. The topological polar surface area (TPSA) is 74.8 Å². The Balaban J connectivity index is 1.94. The van der Waals surface area contributed by atoms with Gasteiger partial charge in [-0.3, -0.25) is 4.79 Å². The summed E-state index contributed by atoms with van der Waals surface area (Å²) in [5.74, 6) is -0.395. The second-order valence-corrected chi connectivity index (χ2v) is 5.60. The highest BCUT2D eigenvalue weighted by atomic mass is 32.2. The smallest absolute Gasteiger partial charge is 0.325 e. The van der Waals surface area contributed by atoms with Crippen LogP contribution in [-0.4, -0.2) is 21.6 Å². The van der Waals surface area contributed by atoms with Crippen LogP contribution >= 0.6 is 11.8 Å². The SMILES string of the molecule is Cc1cnc(=O)[nH]c1SCC(=O)Nc1ccc(C(F)(F)F)cc1. The van der Waals surface area contributed by atoms with E-state index in [4.69, 9.17) is 0 Å². The van der Waals surface area contributed by atoms with Crippen LogP contribution in [0.3, 0.4) is 0 Å². The highest BCUT2D eigenvalue weighted by molar-refractivity contribution is 8.00. The lowest BCUT2D eigenvalue weighted by Crippen LogP contribution is -2.16. The number of carbonyl (C=O) groups is 1. The van der Waals surface area contributed by atoms with Crippen LogP contribution < -0.4 is 11.0 Å². The van der Waals surface area contributed by atoms with E-state index in [9.17, 15) is 22.8 Å². The Kier molecular flexibility index (Phi) is 5.09. The van der Waals surface area contributed by atoms with Crippen molar-refractivity contribution in [1.29, 1.82) is 0 Å². The van der Waals surface area contributed by atoms with E-state index in [1.807, 2.05) is 0 Å². The van der Waals surface area contributed by atoms with Crippen LogP contribution in [0.2, 0.25) is 0 Å². The van der Waals surface area contributed by atoms with Crippen LogP contribution in [0.4, 0.5) is 18.9 Å². The van der Waals surface area contributed by atoms with Gasteiger partial charge < -0.3 is 10.3 Å². The fraction of sp³-hybridized carbons (Fsp3) is 0.214. The first kappa shape index (κ1) is 17.1. The number of benzene rings is 1. The van der Waals surface area contributed by atoms with Crippen LogP contribution in [0.15, 0.2) is 40.3 Å². The van der Waals surface area contributed by atoms with E-state index in [0.717, 1.165) is 29.5 Å². The van der Waals surface area contributed by atoms with Gasteiger partial charge in [0, 0.05) is 11.9 Å². The Labute approximate surface area is 133 Å². The average molecular weight is 343 g/mol. The molecular weight excluding hydrogens is 331 g/mol. The van der Waals surface area contributed by atoms with Crippen molar-refractivity contribution >= 4 is 23.4 Å². The Bertz CT molecular complexity index is 757. The first-order valence-corrected chi connectivity index (χ1v) is 7.40. The van der Waals surface area contributed by atoms with Crippen molar-refractivity contribution in [2.24, 2.45) is 0 Å². The fourth-order valence-corrected chi connectivity index (χ4v) is 2.46. The van der Waals surface area contributed by atoms with Crippen molar-refractivity contribution in [2.45, 2.75) is 18.1 Å². The van der Waals surface area contributed by atoms with Gasteiger partial charge in [-0.05, 0) is 36.8 Å². The van der Waals surface area contributed by atoms with Gasteiger partial charge in [-0.15, -0.1) is 0 Å². The largest absolute Gasteiger partial charge is 0.416 e. The van der Waals surface area contributed by atoms with Gasteiger partial charge in [0.05, 0.1) is 16.3 Å². The second-order valence-electron chi connectivity index (χ2n) is 4.61. The molecule has 9 heteroatoms. The van der Waals surface area contributed by atoms with Gasteiger partial charge in [0.25, 0.3) is 0 Å². The van der Waals surface area contributed by atoms with Gasteiger partial charge in [-0.1, -0.05) is 11.8 Å². The summed E-state index contributed by atoms with van der Waals surface area (Å²) < 4.78 is 37.3. The monoisotopic (exact) mass is 343 g/mol. The van der Waals surface area contributed by atoms with Crippen LogP contribution in [0.25, 0.3) is 0 Å². The molecule has 5 nitrogen and oxygen atoms in total. The summed E-state index contributed by atoms with van der Waals surface area (Å²) in [6, 6.07) is 4.16. The van der Waals surface area contributed by atoms with E-state index >= 15 is 0 Å². The van der Waals surface area contributed by atoms with Gasteiger partial charge in [0.15, 0.2) is 0 Å². The summed E-state index contributed by atoms with van der Waals surface area (Å²) in [7, 11) is 0. The number of carbonyl (C=O) groups excluding carboxylic acids is 1. The van der Waals surface area contributed by atoms with Crippen molar-refractivity contribution in [1.82, 2.24) is 9.97 Å². The Morgan fingerprint density at radius 2 is 1.96 bits per heavy atom. The molecule has 0 aliphatic rings. The third kappa shape index (κ3) is 4.85. The van der Waals surface area contributed by atoms with E-state index < -0.39 is 23.3 Å². The van der Waals surface area contributed by atoms with E-state index in [-0.39, 0.29) is 11.4 Å². The minimum absolute atomic E-state index is 0.00180. The maximum Gasteiger partial charge on any atom is 0.416 e. The number of nitrogens with one attached hydrogen (secondary N) is 2. The molecule has 0 spiro atoms. The van der Waals surface area contributed by atoms with Crippen molar-refractivity contribution in [3.63, 3.8) is 0 Å². The summed E-state index contributed by atoms with van der Waals surface area (Å²) in [4.78, 5) is 29.0. The molecule has 1 amide bonds. The van der Waals surface area contributed by atoms with Crippen LogP contribution in [-0.2, 0) is 11.0 Å². The number of anilines is 1. The van der Waals surface area contributed by atoms with Crippen molar-refractivity contribution < 1.29 is 18.0 Å². The van der Waals surface area contributed by atoms with Gasteiger partial charge in [-0.25, -0.2) is 9.78 Å². The molecule has 2 aromatic rings. The number of aryl methyl sites for hydroxylation is 1. The number of alkyl halides is 3. The highest BCUT2D eigenvalue weighted by Gasteiger charge is 2.29. The van der Waals surface area contributed by atoms with E-state index in [1.54, 1.807) is 6.92 Å². The Hall–Kier alpha value is -2.29. The number of hydrogen-bond acceptors (Lipinski definition) is 4.